The number of guanidine groups is 1. The van der Waals surface area contributed by atoms with Crippen LogP contribution in [-0.4, -0.2) is 42.3 Å². The Morgan fingerprint density at radius 2 is 1.50 bits per heavy atom. The summed E-state index contributed by atoms with van der Waals surface area (Å²) in [5, 5.41) is 1.03. The highest BCUT2D eigenvalue weighted by atomic mass is 28.3. The Morgan fingerprint density at radius 1 is 1.03 bits per heavy atom. The fraction of sp³-hybridized carbons (Fsp3) is 0.500. The topological polar surface area (TPSA) is 94.2 Å². The average Bonchev–Trinajstić information content (AvgIpc) is 2.50. The molecule has 0 atom stereocenters. The number of imide groups is 1. The molecule has 0 aliphatic carbocycles. The molecular formula is C22H33N3O4Si. The molecule has 0 aliphatic rings. The van der Waals surface area contributed by atoms with Crippen LogP contribution < -0.4 is 10.9 Å². The Morgan fingerprint density at radius 3 is 1.87 bits per heavy atom. The standard InChI is InChI=1S/C22H33N3O4Si/c1-11-15-16(13-12-14-17(15)30(8,9)10)24-18(23)25(19(26)28-21(2,3)4)20(27)29-22(5,6)7/h1,12-14H,2-10H3,(H2,23,24). The van der Waals surface area contributed by atoms with Gasteiger partial charge in [0.05, 0.1) is 13.8 Å². The van der Waals surface area contributed by atoms with Gasteiger partial charge in [-0.15, -0.1) is 11.3 Å². The molecule has 0 saturated carbocycles. The number of terminal acetylenes is 1. The predicted molar refractivity (Wildman–Crippen MR) is 123 cm³/mol. The van der Waals surface area contributed by atoms with Gasteiger partial charge in [-0.1, -0.05) is 37.7 Å². The average molecular weight is 432 g/mol. The van der Waals surface area contributed by atoms with E-state index in [4.69, 9.17) is 21.6 Å². The molecule has 0 heterocycles. The van der Waals surface area contributed by atoms with Gasteiger partial charge < -0.3 is 15.2 Å². The molecule has 0 aromatic heterocycles. The minimum Gasteiger partial charge on any atom is -0.443 e. The van der Waals surface area contributed by atoms with E-state index < -0.39 is 31.5 Å². The molecule has 0 bridgehead atoms. The summed E-state index contributed by atoms with van der Waals surface area (Å²) in [6.07, 6.45) is 3.78. The molecule has 2 amide bonds. The Bertz CT molecular complexity index is 854. The first-order valence-corrected chi connectivity index (χ1v) is 13.2. The SMILES string of the molecule is C#Cc1c(N=C(N)N(C(=O)OC(C)(C)C)C(=O)OC(C)(C)C)cccc1[Si](C)(C)C. The van der Waals surface area contributed by atoms with Gasteiger partial charge in [0.25, 0.3) is 0 Å². The van der Waals surface area contributed by atoms with Crippen LogP contribution in [0, 0.1) is 12.3 Å². The van der Waals surface area contributed by atoms with E-state index in [-0.39, 0.29) is 5.96 Å². The first kappa shape index (κ1) is 25.2. The van der Waals surface area contributed by atoms with Gasteiger partial charge in [-0.25, -0.2) is 14.6 Å². The molecule has 0 radical (unpaired) electrons. The van der Waals surface area contributed by atoms with Crippen molar-refractivity contribution in [1.82, 2.24) is 4.90 Å². The van der Waals surface area contributed by atoms with E-state index in [2.05, 4.69) is 30.6 Å². The van der Waals surface area contributed by atoms with Crippen molar-refractivity contribution < 1.29 is 19.1 Å². The van der Waals surface area contributed by atoms with E-state index in [0.717, 1.165) is 5.19 Å². The summed E-state index contributed by atoms with van der Waals surface area (Å²) >= 11 is 0. The van der Waals surface area contributed by atoms with Crippen LogP contribution >= 0.6 is 0 Å². The maximum atomic E-state index is 12.7. The predicted octanol–water partition coefficient (Wildman–Crippen LogP) is 4.33. The summed E-state index contributed by atoms with van der Waals surface area (Å²) < 4.78 is 10.6. The minimum atomic E-state index is -1.77. The van der Waals surface area contributed by atoms with Gasteiger partial charge in [0, 0.05) is 5.56 Å². The van der Waals surface area contributed by atoms with Crippen molar-refractivity contribution >= 4 is 37.1 Å². The summed E-state index contributed by atoms with van der Waals surface area (Å²) in [5.74, 6) is 2.28. The number of nitrogens with two attached hydrogens (primary N) is 1. The summed E-state index contributed by atoms with van der Waals surface area (Å²) in [5.41, 5.74) is 5.38. The largest absolute Gasteiger partial charge is 0.443 e. The lowest BCUT2D eigenvalue weighted by Gasteiger charge is -2.28. The molecule has 1 rings (SSSR count). The number of amides is 2. The Balaban J connectivity index is 3.52. The summed E-state index contributed by atoms with van der Waals surface area (Å²) in [4.78, 5) is 30.3. The summed E-state index contributed by atoms with van der Waals surface area (Å²) in [6, 6.07) is 5.48. The van der Waals surface area contributed by atoms with E-state index in [9.17, 15) is 9.59 Å². The summed E-state index contributed by atoms with van der Waals surface area (Å²) in [6.45, 7) is 16.6. The molecule has 0 aliphatic heterocycles. The molecule has 1 aromatic rings. The van der Waals surface area contributed by atoms with E-state index in [1.807, 2.05) is 12.1 Å². The van der Waals surface area contributed by atoms with Crippen molar-refractivity contribution in [3.8, 4) is 12.3 Å². The van der Waals surface area contributed by atoms with Crippen molar-refractivity contribution in [3.05, 3.63) is 23.8 Å². The normalized spacial score (nSPS) is 12.7. The number of hydrogen-bond donors (Lipinski definition) is 1. The second-order valence-electron chi connectivity index (χ2n) is 9.86. The fourth-order valence-corrected chi connectivity index (χ4v) is 4.01. The van der Waals surface area contributed by atoms with Gasteiger partial charge >= 0.3 is 12.2 Å². The molecule has 30 heavy (non-hydrogen) atoms. The van der Waals surface area contributed by atoms with Crippen molar-refractivity contribution in [3.63, 3.8) is 0 Å². The third-order valence-corrected chi connectivity index (χ3v) is 5.64. The number of benzene rings is 1. The fourth-order valence-electron chi connectivity index (χ4n) is 2.46. The lowest BCUT2D eigenvalue weighted by molar-refractivity contribution is 0.0145. The monoisotopic (exact) mass is 431 g/mol. The number of ether oxygens (including phenoxy) is 2. The number of nitrogens with zero attached hydrogens (tertiary/aromatic N) is 2. The second-order valence-corrected chi connectivity index (χ2v) is 14.9. The molecule has 0 unspecified atom stereocenters. The highest BCUT2D eigenvalue weighted by molar-refractivity contribution is 6.89. The van der Waals surface area contributed by atoms with E-state index >= 15 is 0 Å². The highest BCUT2D eigenvalue weighted by Gasteiger charge is 2.34. The van der Waals surface area contributed by atoms with Crippen LogP contribution in [0.1, 0.15) is 47.1 Å². The molecule has 2 N–H and O–H groups in total. The molecule has 164 valence electrons. The lowest BCUT2D eigenvalue weighted by Crippen LogP contribution is -2.50. The van der Waals surface area contributed by atoms with Crippen LogP contribution in [0.25, 0.3) is 0 Å². The highest BCUT2D eigenvalue weighted by Crippen LogP contribution is 2.21. The van der Waals surface area contributed by atoms with Crippen molar-refractivity contribution in [1.29, 1.82) is 0 Å². The van der Waals surface area contributed by atoms with Crippen molar-refractivity contribution in [2.45, 2.75) is 72.4 Å². The number of rotatable bonds is 2. The quantitative estimate of drug-likeness (QED) is 0.325. The maximum Gasteiger partial charge on any atom is 0.427 e. The van der Waals surface area contributed by atoms with E-state index in [1.165, 1.54) is 0 Å². The van der Waals surface area contributed by atoms with E-state index in [1.54, 1.807) is 47.6 Å². The van der Waals surface area contributed by atoms with Gasteiger partial charge in [0.2, 0.25) is 5.96 Å². The van der Waals surface area contributed by atoms with Gasteiger partial charge in [-0.05, 0) is 52.8 Å². The molecule has 0 saturated heterocycles. The minimum absolute atomic E-state index is 0.386. The van der Waals surface area contributed by atoms with Crippen molar-refractivity contribution in [2.75, 3.05) is 0 Å². The van der Waals surface area contributed by atoms with Crippen LogP contribution in [0.5, 0.6) is 0 Å². The Kier molecular flexibility index (Phi) is 7.51. The number of aliphatic imine (C=N–C) groups is 1. The van der Waals surface area contributed by atoms with Crippen LogP contribution in [0.4, 0.5) is 15.3 Å². The Hall–Kier alpha value is -2.79. The Labute approximate surface area is 180 Å². The zero-order valence-electron chi connectivity index (χ0n) is 19.4. The molecular weight excluding hydrogens is 398 g/mol. The van der Waals surface area contributed by atoms with Crippen molar-refractivity contribution in [2.24, 2.45) is 10.7 Å². The first-order chi connectivity index (χ1) is 13.5. The van der Waals surface area contributed by atoms with Gasteiger partial charge in [-0.2, -0.15) is 0 Å². The molecule has 1 aromatic carbocycles. The number of carbonyl (C=O) groups is 2. The van der Waals surface area contributed by atoms with Crippen LogP contribution in [0.2, 0.25) is 19.6 Å². The zero-order chi connectivity index (χ0) is 23.5. The van der Waals surface area contributed by atoms with Gasteiger partial charge in [0.15, 0.2) is 0 Å². The molecule has 0 fully saturated rings. The third kappa shape index (κ3) is 7.23. The smallest absolute Gasteiger partial charge is 0.427 e. The van der Waals surface area contributed by atoms with Crippen LogP contribution in [-0.2, 0) is 9.47 Å². The van der Waals surface area contributed by atoms with Crippen LogP contribution in [0.3, 0.4) is 0 Å². The van der Waals surface area contributed by atoms with Crippen LogP contribution in [0.15, 0.2) is 23.2 Å². The number of hydrogen-bond acceptors (Lipinski definition) is 5. The first-order valence-electron chi connectivity index (χ1n) is 9.66. The lowest BCUT2D eigenvalue weighted by atomic mass is 10.2. The van der Waals surface area contributed by atoms with Gasteiger partial charge in [-0.3, -0.25) is 0 Å². The second kappa shape index (κ2) is 8.92. The van der Waals surface area contributed by atoms with Gasteiger partial charge in [0.1, 0.15) is 11.2 Å². The molecule has 7 nitrogen and oxygen atoms in total. The third-order valence-electron chi connectivity index (χ3n) is 3.61. The zero-order valence-corrected chi connectivity index (χ0v) is 20.4. The number of carbonyl (C=O) groups excluding carboxylic acids is 2. The maximum absolute atomic E-state index is 12.7. The molecule has 8 heteroatoms. The summed E-state index contributed by atoms with van der Waals surface area (Å²) in [7, 11) is -1.77. The molecule has 0 spiro atoms. The van der Waals surface area contributed by atoms with E-state index in [0.29, 0.717) is 16.2 Å².